The van der Waals surface area contributed by atoms with Gasteiger partial charge in [-0.2, -0.15) is 0 Å². The number of hydrogen-bond acceptors (Lipinski definition) is 4. The first kappa shape index (κ1) is 20.7. The summed E-state index contributed by atoms with van der Waals surface area (Å²) in [4.78, 5) is 23.5. The summed E-state index contributed by atoms with van der Waals surface area (Å²) in [6.07, 6.45) is 4.21. The molecule has 0 aromatic carbocycles. The topological polar surface area (TPSA) is 60.4 Å². The third kappa shape index (κ3) is 5.19. The van der Waals surface area contributed by atoms with Crippen molar-refractivity contribution in [3.8, 4) is 0 Å². The number of rotatable bonds is 3. The van der Waals surface area contributed by atoms with Crippen LogP contribution in [0.15, 0.2) is 4.99 Å². The van der Waals surface area contributed by atoms with Gasteiger partial charge in [0.05, 0.1) is 0 Å². The lowest BCUT2D eigenvalue weighted by Crippen LogP contribution is -2.56. The van der Waals surface area contributed by atoms with Crippen molar-refractivity contribution in [2.75, 3.05) is 60.0 Å². The Morgan fingerprint density at radius 1 is 1.12 bits per heavy atom. The second-order valence-corrected chi connectivity index (χ2v) is 7.02. The fourth-order valence-electron chi connectivity index (χ4n) is 3.89. The van der Waals surface area contributed by atoms with Gasteiger partial charge in [-0.15, -0.1) is 24.0 Å². The Bertz CT molecular complexity index is 462. The summed E-state index contributed by atoms with van der Waals surface area (Å²) < 4.78 is 5.52. The number of carbonyl (C=O) groups is 1. The highest BCUT2D eigenvalue weighted by Crippen LogP contribution is 2.16. The summed E-state index contributed by atoms with van der Waals surface area (Å²) in [7, 11) is 4.03. The second-order valence-electron chi connectivity index (χ2n) is 7.02. The number of ether oxygens (including phenoxy) is 1. The number of hydrogen-bond donors (Lipinski definition) is 1. The van der Waals surface area contributed by atoms with Crippen LogP contribution < -0.4 is 5.32 Å². The molecule has 2 unspecified atom stereocenters. The predicted molar refractivity (Wildman–Crippen MR) is 110 cm³/mol. The first-order chi connectivity index (χ1) is 11.7. The van der Waals surface area contributed by atoms with Crippen molar-refractivity contribution < 1.29 is 9.53 Å². The standard InChI is InChI=1S/C17H31N5O2.HI/c1-18-17(19-13-14-5-3-7-20(14)2)22-10-8-21(9-11-22)16(23)15-6-4-12-24-15;/h14-15H,3-13H2,1-2H3,(H,18,19);1H. The fourth-order valence-corrected chi connectivity index (χ4v) is 3.89. The molecule has 3 aliphatic rings. The van der Waals surface area contributed by atoms with Gasteiger partial charge >= 0.3 is 0 Å². The highest BCUT2D eigenvalue weighted by Gasteiger charge is 2.31. The van der Waals surface area contributed by atoms with Crippen molar-refractivity contribution in [2.45, 2.75) is 37.8 Å². The van der Waals surface area contributed by atoms with E-state index in [0.29, 0.717) is 6.04 Å². The quantitative estimate of drug-likeness (QED) is 0.376. The summed E-state index contributed by atoms with van der Waals surface area (Å²) in [6, 6.07) is 0.601. The molecule has 1 N–H and O–H groups in total. The molecular formula is C17H32IN5O2. The predicted octanol–water partition coefficient (Wildman–Crippen LogP) is 0.597. The van der Waals surface area contributed by atoms with Gasteiger partial charge < -0.3 is 24.8 Å². The fraction of sp³-hybridized carbons (Fsp3) is 0.882. The van der Waals surface area contributed by atoms with Crippen LogP contribution >= 0.6 is 24.0 Å². The van der Waals surface area contributed by atoms with Gasteiger partial charge in [-0.25, -0.2) is 0 Å². The first-order valence-corrected chi connectivity index (χ1v) is 9.25. The summed E-state index contributed by atoms with van der Waals surface area (Å²) in [6.45, 7) is 6.03. The normalized spacial score (nSPS) is 28.2. The van der Waals surface area contributed by atoms with Crippen LogP contribution in [0.3, 0.4) is 0 Å². The lowest BCUT2D eigenvalue weighted by Gasteiger charge is -2.37. The van der Waals surface area contributed by atoms with Gasteiger partial charge in [-0.3, -0.25) is 9.79 Å². The summed E-state index contributed by atoms with van der Waals surface area (Å²) in [5, 5.41) is 3.52. The maximum Gasteiger partial charge on any atom is 0.251 e. The largest absolute Gasteiger partial charge is 0.368 e. The Hall–Kier alpha value is -0.610. The molecule has 3 saturated heterocycles. The van der Waals surface area contributed by atoms with E-state index in [1.54, 1.807) is 0 Å². The van der Waals surface area contributed by atoms with E-state index >= 15 is 0 Å². The number of piperazine rings is 1. The molecular weight excluding hydrogens is 433 g/mol. The number of guanidine groups is 1. The number of nitrogens with zero attached hydrogens (tertiary/aromatic N) is 4. The minimum absolute atomic E-state index is 0. The number of carbonyl (C=O) groups excluding carboxylic acids is 1. The van der Waals surface area contributed by atoms with Gasteiger partial charge in [-0.1, -0.05) is 0 Å². The Labute approximate surface area is 168 Å². The van der Waals surface area contributed by atoms with Crippen LogP contribution in [0.25, 0.3) is 0 Å². The average molecular weight is 465 g/mol. The SMILES string of the molecule is CN=C(NCC1CCCN1C)N1CCN(C(=O)C2CCCO2)CC1.I. The highest BCUT2D eigenvalue weighted by molar-refractivity contribution is 14.0. The molecule has 0 spiro atoms. The lowest BCUT2D eigenvalue weighted by atomic mass is 10.2. The van der Waals surface area contributed by atoms with Crippen LogP contribution in [0.4, 0.5) is 0 Å². The molecule has 0 saturated carbocycles. The van der Waals surface area contributed by atoms with Gasteiger partial charge in [0.15, 0.2) is 5.96 Å². The molecule has 3 fully saturated rings. The first-order valence-electron chi connectivity index (χ1n) is 9.25. The molecule has 0 aliphatic carbocycles. The van der Waals surface area contributed by atoms with E-state index in [1.165, 1.54) is 19.4 Å². The van der Waals surface area contributed by atoms with Crippen LogP contribution in [0, 0.1) is 0 Å². The van der Waals surface area contributed by atoms with Crippen molar-refractivity contribution >= 4 is 35.8 Å². The van der Waals surface area contributed by atoms with Crippen LogP contribution in [0.5, 0.6) is 0 Å². The molecule has 2 atom stereocenters. The van der Waals surface area contributed by atoms with Crippen molar-refractivity contribution in [1.29, 1.82) is 0 Å². The number of likely N-dealkylation sites (tertiary alicyclic amines) is 1. The number of halogens is 1. The van der Waals surface area contributed by atoms with E-state index in [2.05, 4.69) is 27.2 Å². The van der Waals surface area contributed by atoms with Crippen molar-refractivity contribution in [3.63, 3.8) is 0 Å². The minimum atomic E-state index is -0.202. The summed E-state index contributed by atoms with van der Waals surface area (Å²) >= 11 is 0. The Balaban J connectivity index is 0.00000225. The molecule has 0 aromatic rings. The second kappa shape index (κ2) is 9.91. The average Bonchev–Trinajstić information content (AvgIpc) is 3.27. The van der Waals surface area contributed by atoms with Crippen molar-refractivity contribution in [3.05, 3.63) is 0 Å². The van der Waals surface area contributed by atoms with Crippen LogP contribution in [0.1, 0.15) is 25.7 Å². The van der Waals surface area contributed by atoms with E-state index in [1.807, 2.05) is 11.9 Å². The molecule has 3 heterocycles. The van der Waals surface area contributed by atoms with E-state index in [9.17, 15) is 4.79 Å². The molecule has 25 heavy (non-hydrogen) atoms. The molecule has 1 amide bonds. The molecule has 0 radical (unpaired) electrons. The molecule has 3 rings (SSSR count). The molecule has 144 valence electrons. The minimum Gasteiger partial charge on any atom is -0.368 e. The van der Waals surface area contributed by atoms with Crippen molar-refractivity contribution in [2.24, 2.45) is 4.99 Å². The third-order valence-corrected chi connectivity index (χ3v) is 5.48. The number of aliphatic imine (C=N–C) groups is 1. The molecule has 0 bridgehead atoms. The van der Waals surface area contributed by atoms with Crippen LogP contribution in [0.2, 0.25) is 0 Å². The summed E-state index contributed by atoms with van der Waals surface area (Å²) in [5.41, 5.74) is 0. The molecule has 7 nitrogen and oxygen atoms in total. The molecule has 0 aromatic heterocycles. The zero-order chi connectivity index (χ0) is 16.9. The molecule has 3 aliphatic heterocycles. The number of likely N-dealkylation sites (N-methyl/N-ethyl adjacent to an activating group) is 1. The van der Waals surface area contributed by atoms with E-state index in [4.69, 9.17) is 4.74 Å². The maximum atomic E-state index is 12.4. The Morgan fingerprint density at radius 2 is 1.84 bits per heavy atom. The Morgan fingerprint density at radius 3 is 2.40 bits per heavy atom. The third-order valence-electron chi connectivity index (χ3n) is 5.48. The molecule has 8 heteroatoms. The van der Waals surface area contributed by atoms with Gasteiger partial charge in [0, 0.05) is 52.4 Å². The van der Waals surface area contributed by atoms with Gasteiger partial charge in [-0.05, 0) is 39.3 Å². The number of nitrogens with one attached hydrogen (secondary N) is 1. The van der Waals surface area contributed by atoms with Gasteiger partial charge in [0.1, 0.15) is 6.10 Å². The van der Waals surface area contributed by atoms with Gasteiger partial charge in [0.25, 0.3) is 5.91 Å². The van der Waals surface area contributed by atoms with E-state index < -0.39 is 0 Å². The maximum absolute atomic E-state index is 12.4. The zero-order valence-corrected chi connectivity index (χ0v) is 17.8. The van der Waals surface area contributed by atoms with Crippen LogP contribution in [-0.4, -0.2) is 98.7 Å². The van der Waals surface area contributed by atoms with Crippen LogP contribution in [-0.2, 0) is 9.53 Å². The van der Waals surface area contributed by atoms with Crippen molar-refractivity contribution in [1.82, 2.24) is 20.0 Å². The monoisotopic (exact) mass is 465 g/mol. The highest BCUT2D eigenvalue weighted by atomic mass is 127. The lowest BCUT2D eigenvalue weighted by molar-refractivity contribution is -0.142. The van der Waals surface area contributed by atoms with E-state index in [-0.39, 0.29) is 36.0 Å². The van der Waals surface area contributed by atoms with Gasteiger partial charge in [0.2, 0.25) is 0 Å². The smallest absolute Gasteiger partial charge is 0.251 e. The van der Waals surface area contributed by atoms with E-state index in [0.717, 1.165) is 58.1 Å². The Kier molecular flexibility index (Phi) is 8.21. The zero-order valence-electron chi connectivity index (χ0n) is 15.4. The summed E-state index contributed by atoms with van der Waals surface area (Å²) in [5.74, 6) is 1.13. The number of amides is 1.